The number of nitrogens with zero attached hydrogens (tertiary/aromatic N) is 2. The minimum absolute atomic E-state index is 0.710. The number of hydrogen-bond acceptors (Lipinski definition) is 3. The summed E-state index contributed by atoms with van der Waals surface area (Å²) >= 11 is 0. The third-order valence-electron chi connectivity index (χ3n) is 3.97. The van der Waals surface area contributed by atoms with Crippen molar-refractivity contribution in [2.24, 2.45) is 5.92 Å². The van der Waals surface area contributed by atoms with Gasteiger partial charge in [-0.05, 0) is 32.7 Å². The molecular weight excluding hydrogens is 210 g/mol. The Morgan fingerprint density at radius 3 is 2.65 bits per heavy atom. The Labute approximate surface area is 106 Å². The summed E-state index contributed by atoms with van der Waals surface area (Å²) < 4.78 is 0. The molecule has 98 valence electrons. The first-order valence-corrected chi connectivity index (χ1v) is 7.09. The van der Waals surface area contributed by atoms with Crippen LogP contribution in [0, 0.1) is 5.92 Å². The van der Waals surface area contributed by atoms with Gasteiger partial charge in [-0.15, -0.1) is 0 Å². The van der Waals surface area contributed by atoms with E-state index in [4.69, 9.17) is 0 Å². The molecule has 3 nitrogen and oxygen atoms in total. The molecule has 2 rings (SSSR count). The zero-order valence-corrected chi connectivity index (χ0v) is 11.4. The predicted octanol–water partition coefficient (Wildman–Crippen LogP) is 1.18. The van der Waals surface area contributed by atoms with Crippen LogP contribution in [0.25, 0.3) is 0 Å². The number of hydrogen-bond donors (Lipinski definition) is 1. The Morgan fingerprint density at radius 1 is 1.24 bits per heavy atom. The van der Waals surface area contributed by atoms with Crippen LogP contribution in [0.1, 0.15) is 20.3 Å². The Bertz CT molecular complexity index is 244. The van der Waals surface area contributed by atoms with E-state index in [0.29, 0.717) is 6.04 Å². The molecule has 2 fully saturated rings. The van der Waals surface area contributed by atoms with Crippen LogP contribution >= 0.6 is 0 Å². The van der Waals surface area contributed by atoms with Crippen molar-refractivity contribution < 1.29 is 0 Å². The lowest BCUT2D eigenvalue weighted by atomic mass is 10.1. The third kappa shape index (κ3) is 4.09. The van der Waals surface area contributed by atoms with E-state index in [1.165, 1.54) is 32.6 Å². The maximum absolute atomic E-state index is 3.39. The highest BCUT2D eigenvalue weighted by atomic mass is 15.2. The lowest BCUT2D eigenvalue weighted by Gasteiger charge is -2.25. The molecule has 2 heterocycles. The first kappa shape index (κ1) is 13.1. The summed E-state index contributed by atoms with van der Waals surface area (Å²) in [5.41, 5.74) is 0. The molecule has 0 saturated carbocycles. The van der Waals surface area contributed by atoms with Crippen molar-refractivity contribution in [2.75, 3.05) is 45.8 Å². The van der Waals surface area contributed by atoms with Gasteiger partial charge >= 0.3 is 0 Å². The zero-order valence-electron chi connectivity index (χ0n) is 11.4. The fourth-order valence-electron chi connectivity index (χ4n) is 2.74. The number of nitrogens with one attached hydrogen (secondary N) is 1. The molecule has 0 aromatic heterocycles. The Kier molecular flexibility index (Phi) is 5.01. The van der Waals surface area contributed by atoms with Crippen LogP contribution in [0.2, 0.25) is 0 Å². The highest BCUT2D eigenvalue weighted by Crippen LogP contribution is 2.19. The lowest BCUT2D eigenvalue weighted by molar-refractivity contribution is 0.263. The van der Waals surface area contributed by atoms with Crippen LogP contribution in [0.4, 0.5) is 0 Å². The SMILES string of the molecule is CC(C)N1CCC(/C=C\CN2CCNCC2)C1. The van der Waals surface area contributed by atoms with E-state index in [1.54, 1.807) is 0 Å². The number of piperazine rings is 1. The summed E-state index contributed by atoms with van der Waals surface area (Å²) in [6.45, 7) is 13.0. The summed E-state index contributed by atoms with van der Waals surface area (Å²) in [6, 6.07) is 0.710. The summed E-state index contributed by atoms with van der Waals surface area (Å²) in [7, 11) is 0. The van der Waals surface area contributed by atoms with E-state index in [9.17, 15) is 0 Å². The van der Waals surface area contributed by atoms with Crippen LogP contribution in [-0.4, -0.2) is 61.7 Å². The summed E-state index contributed by atoms with van der Waals surface area (Å²) in [4.78, 5) is 5.11. The first-order valence-electron chi connectivity index (χ1n) is 7.09. The maximum Gasteiger partial charge on any atom is 0.0164 e. The van der Waals surface area contributed by atoms with E-state index < -0.39 is 0 Å². The molecule has 1 N–H and O–H groups in total. The highest BCUT2D eigenvalue weighted by molar-refractivity contribution is 4.95. The van der Waals surface area contributed by atoms with Crippen molar-refractivity contribution in [2.45, 2.75) is 26.3 Å². The van der Waals surface area contributed by atoms with Crippen molar-refractivity contribution in [3.05, 3.63) is 12.2 Å². The molecule has 17 heavy (non-hydrogen) atoms. The summed E-state index contributed by atoms with van der Waals surface area (Å²) in [5.74, 6) is 0.792. The second-order valence-corrected chi connectivity index (χ2v) is 5.62. The predicted molar refractivity (Wildman–Crippen MR) is 73.3 cm³/mol. The Hall–Kier alpha value is -0.380. The largest absolute Gasteiger partial charge is 0.314 e. The summed E-state index contributed by atoms with van der Waals surface area (Å²) in [5, 5.41) is 3.39. The standard InChI is InChI=1S/C14H27N3/c1-13(2)17-9-5-14(12-17)4-3-8-16-10-6-15-7-11-16/h3-4,13-15H,5-12H2,1-2H3/b4-3-. The van der Waals surface area contributed by atoms with Crippen molar-refractivity contribution >= 4 is 0 Å². The van der Waals surface area contributed by atoms with Gasteiger partial charge in [-0.1, -0.05) is 12.2 Å². The molecule has 1 unspecified atom stereocenters. The molecule has 3 heteroatoms. The smallest absolute Gasteiger partial charge is 0.0164 e. The van der Waals surface area contributed by atoms with Gasteiger partial charge < -0.3 is 10.2 Å². The highest BCUT2D eigenvalue weighted by Gasteiger charge is 2.21. The molecule has 0 aromatic rings. The molecule has 0 aromatic carbocycles. The van der Waals surface area contributed by atoms with Crippen molar-refractivity contribution in [3.8, 4) is 0 Å². The molecule has 2 aliphatic rings. The van der Waals surface area contributed by atoms with E-state index >= 15 is 0 Å². The quantitative estimate of drug-likeness (QED) is 0.741. The van der Waals surface area contributed by atoms with Gasteiger partial charge in [0, 0.05) is 45.3 Å². The van der Waals surface area contributed by atoms with Gasteiger partial charge in [0.05, 0.1) is 0 Å². The van der Waals surface area contributed by atoms with Crippen molar-refractivity contribution in [3.63, 3.8) is 0 Å². The second-order valence-electron chi connectivity index (χ2n) is 5.62. The van der Waals surface area contributed by atoms with Gasteiger partial charge in [-0.2, -0.15) is 0 Å². The van der Waals surface area contributed by atoms with Gasteiger partial charge in [0.1, 0.15) is 0 Å². The molecule has 0 bridgehead atoms. The van der Waals surface area contributed by atoms with E-state index in [2.05, 4.69) is 41.1 Å². The molecule has 0 amide bonds. The fraction of sp³-hybridized carbons (Fsp3) is 0.857. The molecule has 2 saturated heterocycles. The van der Waals surface area contributed by atoms with Crippen LogP contribution in [0.3, 0.4) is 0 Å². The van der Waals surface area contributed by atoms with E-state index in [0.717, 1.165) is 25.6 Å². The van der Waals surface area contributed by atoms with Crippen molar-refractivity contribution in [1.29, 1.82) is 0 Å². The molecule has 0 aliphatic carbocycles. The monoisotopic (exact) mass is 237 g/mol. The van der Waals surface area contributed by atoms with Crippen LogP contribution in [0.15, 0.2) is 12.2 Å². The molecule has 0 radical (unpaired) electrons. The van der Waals surface area contributed by atoms with Gasteiger partial charge in [-0.25, -0.2) is 0 Å². The Balaban J connectivity index is 1.67. The lowest BCUT2D eigenvalue weighted by Crippen LogP contribution is -2.43. The average molecular weight is 237 g/mol. The van der Waals surface area contributed by atoms with E-state index in [1.807, 2.05) is 0 Å². The zero-order chi connectivity index (χ0) is 12.1. The topological polar surface area (TPSA) is 18.5 Å². The molecule has 0 spiro atoms. The van der Waals surface area contributed by atoms with Crippen molar-refractivity contribution in [1.82, 2.24) is 15.1 Å². The van der Waals surface area contributed by atoms with Gasteiger partial charge in [-0.3, -0.25) is 4.90 Å². The molecular formula is C14H27N3. The van der Waals surface area contributed by atoms with E-state index in [-0.39, 0.29) is 0 Å². The molecule has 1 atom stereocenters. The maximum atomic E-state index is 3.39. The normalized spacial score (nSPS) is 28.5. The van der Waals surface area contributed by atoms with Crippen LogP contribution in [0.5, 0.6) is 0 Å². The first-order chi connectivity index (χ1) is 8.25. The number of likely N-dealkylation sites (tertiary alicyclic amines) is 1. The molecule has 2 aliphatic heterocycles. The third-order valence-corrected chi connectivity index (χ3v) is 3.97. The summed E-state index contributed by atoms with van der Waals surface area (Å²) in [6.07, 6.45) is 6.18. The number of rotatable bonds is 4. The van der Waals surface area contributed by atoms with Gasteiger partial charge in [0.15, 0.2) is 0 Å². The second kappa shape index (κ2) is 6.53. The van der Waals surface area contributed by atoms with Crippen LogP contribution < -0.4 is 5.32 Å². The minimum atomic E-state index is 0.710. The fourth-order valence-corrected chi connectivity index (χ4v) is 2.74. The average Bonchev–Trinajstić information content (AvgIpc) is 2.79. The minimum Gasteiger partial charge on any atom is -0.314 e. The van der Waals surface area contributed by atoms with Gasteiger partial charge in [0.25, 0.3) is 0 Å². The van der Waals surface area contributed by atoms with Gasteiger partial charge in [0.2, 0.25) is 0 Å². The Morgan fingerprint density at radius 2 is 2.00 bits per heavy atom. The van der Waals surface area contributed by atoms with Crippen LogP contribution in [-0.2, 0) is 0 Å².